The molecule has 1 amide bonds. The molecule has 6 rings (SSSR count). The molecule has 2 fully saturated rings. The summed E-state index contributed by atoms with van der Waals surface area (Å²) in [5.41, 5.74) is 4.85. The summed E-state index contributed by atoms with van der Waals surface area (Å²) in [5, 5.41) is 6.54. The Balaban J connectivity index is 1.31. The molecule has 3 aliphatic rings. The molecule has 0 radical (unpaired) electrons. The third-order valence-electron chi connectivity index (χ3n) is 8.20. The molecule has 3 aromatic rings. The molecule has 0 spiro atoms. The fourth-order valence-electron chi connectivity index (χ4n) is 6.30. The van der Waals surface area contributed by atoms with Crippen molar-refractivity contribution in [3.8, 4) is 22.5 Å². The number of furan rings is 1. The highest BCUT2D eigenvalue weighted by atomic mass is 16.4. The molecule has 0 saturated carbocycles. The van der Waals surface area contributed by atoms with E-state index in [-0.39, 0.29) is 18.0 Å². The van der Waals surface area contributed by atoms with E-state index in [9.17, 15) is 9.70 Å². The van der Waals surface area contributed by atoms with E-state index >= 15 is 0 Å². The monoisotopic (exact) mass is 470 g/mol. The minimum absolute atomic E-state index is 0.162. The maximum absolute atomic E-state index is 13.3. The van der Waals surface area contributed by atoms with Gasteiger partial charge in [-0.25, -0.2) is 0 Å². The normalized spacial score (nSPS) is 25.7. The van der Waals surface area contributed by atoms with Crippen LogP contribution < -0.4 is 5.32 Å². The number of hydrogen-bond donors (Lipinski definition) is 1. The molecule has 2 aromatic heterocycles. The van der Waals surface area contributed by atoms with Crippen molar-refractivity contribution in [2.45, 2.75) is 69.1 Å². The van der Waals surface area contributed by atoms with Crippen LogP contribution in [0.15, 0.2) is 58.4 Å². The number of nitrogens with zero attached hydrogens (tertiary/aromatic N) is 3. The molecule has 35 heavy (non-hydrogen) atoms. The molecular weight excluding hydrogens is 440 g/mol. The molecule has 2 saturated heterocycles. The standard InChI is InChI=1S/C28H30N4O3/c1-32-21-3-2-4-22(32)15-20(14-21)30-28(33)26-16-24(27(35-26)17-9-11-29-12-10-17)19-5-7-23-18(13-19)6-8-25(23)31-34/h5,7,9-13,16,20-22,25H,2-4,6,8,14-15H2,1H3,(H,30,33)/t20?,21-,22+,25?. The van der Waals surface area contributed by atoms with Crippen molar-refractivity contribution < 1.29 is 9.21 Å². The molecule has 7 heteroatoms. The minimum Gasteiger partial charge on any atom is -0.450 e. The molecular formula is C28H30N4O3. The lowest BCUT2D eigenvalue weighted by molar-refractivity contribution is 0.0457. The largest absolute Gasteiger partial charge is 0.450 e. The highest BCUT2D eigenvalue weighted by molar-refractivity contribution is 5.95. The first kappa shape index (κ1) is 22.2. The fourth-order valence-corrected chi connectivity index (χ4v) is 6.30. The number of aromatic nitrogens is 1. The first-order chi connectivity index (χ1) is 17.1. The molecule has 180 valence electrons. The van der Waals surface area contributed by atoms with Crippen molar-refractivity contribution in [1.29, 1.82) is 0 Å². The summed E-state index contributed by atoms with van der Waals surface area (Å²) >= 11 is 0. The highest BCUT2D eigenvalue weighted by Gasteiger charge is 2.37. The van der Waals surface area contributed by atoms with Crippen LogP contribution in [0.4, 0.5) is 0 Å². The van der Waals surface area contributed by atoms with Crippen molar-refractivity contribution in [2.75, 3.05) is 7.05 Å². The van der Waals surface area contributed by atoms with E-state index in [2.05, 4.69) is 33.5 Å². The maximum Gasteiger partial charge on any atom is 0.287 e. The van der Waals surface area contributed by atoms with E-state index in [0.717, 1.165) is 53.5 Å². The van der Waals surface area contributed by atoms with Gasteiger partial charge >= 0.3 is 0 Å². The molecule has 1 aromatic carbocycles. The summed E-state index contributed by atoms with van der Waals surface area (Å²) in [6.45, 7) is 0. The number of amides is 1. The van der Waals surface area contributed by atoms with Crippen LogP contribution in [0, 0.1) is 4.91 Å². The van der Waals surface area contributed by atoms with Gasteiger partial charge in [0, 0.05) is 41.6 Å². The van der Waals surface area contributed by atoms with Crippen LogP contribution in [0.2, 0.25) is 0 Å². The summed E-state index contributed by atoms with van der Waals surface area (Å²) in [4.78, 5) is 31.1. The van der Waals surface area contributed by atoms with E-state index in [1.807, 2.05) is 30.3 Å². The highest BCUT2D eigenvalue weighted by Crippen LogP contribution is 2.40. The molecule has 1 N–H and O–H groups in total. The minimum atomic E-state index is -0.265. The average Bonchev–Trinajstić information content (AvgIpc) is 3.49. The SMILES string of the molecule is CN1[C@@H]2CCC[C@H]1CC(NC(=O)c1cc(-c3ccc4c(c3)CCC4N=O)c(-c3ccncc3)o1)C2. The van der Waals surface area contributed by atoms with Gasteiger partial charge in [0.05, 0.1) is 0 Å². The lowest BCUT2D eigenvalue weighted by Gasteiger charge is -2.47. The predicted molar refractivity (Wildman–Crippen MR) is 134 cm³/mol. The number of rotatable bonds is 5. The molecule has 2 bridgehead atoms. The first-order valence-corrected chi connectivity index (χ1v) is 12.6. The van der Waals surface area contributed by atoms with Crippen LogP contribution in [-0.2, 0) is 6.42 Å². The summed E-state index contributed by atoms with van der Waals surface area (Å²) in [5.74, 6) is 0.815. The van der Waals surface area contributed by atoms with Gasteiger partial charge in [-0.15, -0.1) is 0 Å². The summed E-state index contributed by atoms with van der Waals surface area (Å²) < 4.78 is 6.22. The lowest BCUT2D eigenvalue weighted by Crippen LogP contribution is -2.55. The van der Waals surface area contributed by atoms with Gasteiger partial charge in [-0.3, -0.25) is 9.78 Å². The van der Waals surface area contributed by atoms with E-state index in [4.69, 9.17) is 4.42 Å². The van der Waals surface area contributed by atoms with Gasteiger partial charge in [0.1, 0.15) is 11.8 Å². The van der Waals surface area contributed by atoms with Crippen molar-refractivity contribution in [2.24, 2.45) is 5.18 Å². The van der Waals surface area contributed by atoms with Gasteiger partial charge in [0.15, 0.2) is 5.76 Å². The number of carbonyl (C=O) groups is 1. The third-order valence-corrected chi connectivity index (χ3v) is 8.20. The van der Waals surface area contributed by atoms with E-state index < -0.39 is 0 Å². The van der Waals surface area contributed by atoms with Crippen molar-refractivity contribution in [1.82, 2.24) is 15.2 Å². The van der Waals surface area contributed by atoms with Gasteiger partial charge in [-0.05, 0) is 80.5 Å². The Kier molecular flexibility index (Phi) is 5.72. The molecule has 4 atom stereocenters. The Bertz CT molecular complexity index is 1240. The number of hydrogen-bond acceptors (Lipinski definition) is 6. The van der Waals surface area contributed by atoms with Gasteiger partial charge < -0.3 is 14.6 Å². The maximum atomic E-state index is 13.3. The second-order valence-corrected chi connectivity index (χ2v) is 10.2. The van der Waals surface area contributed by atoms with Crippen LogP contribution in [0.1, 0.15) is 66.2 Å². The first-order valence-electron chi connectivity index (χ1n) is 12.6. The summed E-state index contributed by atoms with van der Waals surface area (Å²) in [7, 11) is 2.22. The van der Waals surface area contributed by atoms with Crippen LogP contribution in [-0.4, -0.2) is 41.0 Å². The number of piperidine rings is 2. The van der Waals surface area contributed by atoms with E-state index in [0.29, 0.717) is 23.6 Å². The molecule has 4 heterocycles. The van der Waals surface area contributed by atoms with Crippen molar-refractivity contribution in [3.05, 3.63) is 70.6 Å². The van der Waals surface area contributed by atoms with Crippen molar-refractivity contribution >= 4 is 5.91 Å². The van der Waals surface area contributed by atoms with Gasteiger partial charge in [-0.2, -0.15) is 4.91 Å². The van der Waals surface area contributed by atoms with Gasteiger partial charge in [-0.1, -0.05) is 29.8 Å². The Morgan fingerprint density at radius 1 is 1.06 bits per heavy atom. The van der Waals surface area contributed by atoms with Crippen molar-refractivity contribution in [3.63, 3.8) is 0 Å². The number of nitrogens with one attached hydrogen (secondary N) is 1. The molecule has 1 aliphatic carbocycles. The zero-order chi connectivity index (χ0) is 23.9. The number of benzene rings is 1. The zero-order valence-electron chi connectivity index (χ0n) is 19.9. The number of aryl methyl sites for hydroxylation is 1. The van der Waals surface area contributed by atoms with Crippen LogP contribution in [0.3, 0.4) is 0 Å². The fraction of sp³-hybridized carbons (Fsp3) is 0.429. The van der Waals surface area contributed by atoms with Crippen LogP contribution in [0.5, 0.6) is 0 Å². The second kappa shape index (κ2) is 9.04. The number of nitroso groups, excluding NO2 is 1. The molecule has 2 unspecified atom stereocenters. The topological polar surface area (TPSA) is 87.8 Å². The van der Waals surface area contributed by atoms with Gasteiger partial charge in [0.2, 0.25) is 0 Å². The number of pyridine rings is 1. The summed E-state index contributed by atoms with van der Waals surface area (Å²) in [6, 6.07) is 12.7. The Morgan fingerprint density at radius 3 is 2.57 bits per heavy atom. The third kappa shape index (κ3) is 4.08. The van der Waals surface area contributed by atoms with Crippen LogP contribution in [0.25, 0.3) is 22.5 Å². The lowest BCUT2D eigenvalue weighted by atomic mass is 9.82. The molecule has 2 aliphatic heterocycles. The Hall–Kier alpha value is -3.32. The molecule has 7 nitrogen and oxygen atoms in total. The summed E-state index contributed by atoms with van der Waals surface area (Å²) in [6.07, 6.45) is 10.7. The Labute approximate surface area is 204 Å². The number of carbonyl (C=O) groups excluding carboxylic acids is 1. The second-order valence-electron chi connectivity index (χ2n) is 10.2. The van der Waals surface area contributed by atoms with E-state index in [1.165, 1.54) is 19.3 Å². The quantitative estimate of drug-likeness (QED) is 0.497. The Morgan fingerprint density at radius 2 is 1.83 bits per heavy atom. The predicted octanol–water partition coefficient (Wildman–Crippen LogP) is 5.51. The van der Waals surface area contributed by atoms with E-state index in [1.54, 1.807) is 12.4 Å². The average molecular weight is 471 g/mol. The smallest absolute Gasteiger partial charge is 0.287 e. The van der Waals surface area contributed by atoms with Gasteiger partial charge in [0.25, 0.3) is 5.91 Å². The zero-order valence-corrected chi connectivity index (χ0v) is 19.9. The number of fused-ring (bicyclic) bond motifs is 3. The van der Waals surface area contributed by atoms with Crippen LogP contribution >= 0.6 is 0 Å².